The molecule has 3 rings (SSSR count). The summed E-state index contributed by atoms with van der Waals surface area (Å²) in [5, 5.41) is 4.08. The Morgan fingerprint density at radius 2 is 1.96 bits per heavy atom. The normalized spacial score (nSPS) is 17.8. The fraction of sp³-hybridized carbons (Fsp3) is 0.471. The van der Waals surface area contributed by atoms with Gasteiger partial charge in [0.25, 0.3) is 0 Å². The molecule has 0 saturated carbocycles. The van der Waals surface area contributed by atoms with Gasteiger partial charge in [0.05, 0.1) is 6.54 Å². The van der Waals surface area contributed by atoms with E-state index in [4.69, 9.17) is 4.42 Å². The third-order valence-corrected chi connectivity index (χ3v) is 6.73. The smallest absolute Gasteiger partial charge is 0.244 e. The molecule has 1 N–H and O–H groups in total. The predicted octanol–water partition coefficient (Wildman–Crippen LogP) is 1.56. The summed E-state index contributed by atoms with van der Waals surface area (Å²) < 4.78 is 29.1. The van der Waals surface area contributed by atoms with Crippen LogP contribution in [0.3, 0.4) is 0 Å². The Labute approximate surface area is 141 Å². The van der Waals surface area contributed by atoms with Crippen LogP contribution in [0.15, 0.2) is 34.7 Å². The van der Waals surface area contributed by atoms with E-state index in [0.717, 1.165) is 17.2 Å². The number of nitrogens with one attached hydrogen (secondary N) is 1. The first-order valence-electron chi connectivity index (χ1n) is 7.97. The summed E-state index contributed by atoms with van der Waals surface area (Å²) in [6.07, 6.45) is 1.76. The number of furan rings is 1. The summed E-state index contributed by atoms with van der Waals surface area (Å²) in [6.45, 7) is 1.30. The van der Waals surface area contributed by atoms with E-state index < -0.39 is 14.6 Å². The van der Waals surface area contributed by atoms with Crippen LogP contribution in [-0.2, 0) is 21.2 Å². The first kappa shape index (κ1) is 17.0. The Hall–Kier alpha value is -1.86. The second kappa shape index (κ2) is 6.22. The Balaban J connectivity index is 1.84. The van der Waals surface area contributed by atoms with Crippen LogP contribution in [0.2, 0.25) is 0 Å². The van der Waals surface area contributed by atoms with Crippen molar-refractivity contribution in [2.24, 2.45) is 0 Å². The van der Waals surface area contributed by atoms with Crippen LogP contribution in [0.1, 0.15) is 18.6 Å². The maximum Gasteiger partial charge on any atom is 0.244 e. The van der Waals surface area contributed by atoms with E-state index in [1.54, 1.807) is 7.05 Å². The number of fused-ring (bicyclic) bond motifs is 1. The van der Waals surface area contributed by atoms with E-state index >= 15 is 0 Å². The van der Waals surface area contributed by atoms with Crippen molar-refractivity contribution in [1.82, 2.24) is 10.2 Å². The van der Waals surface area contributed by atoms with Gasteiger partial charge in [0.15, 0.2) is 14.6 Å². The number of para-hydroxylation sites is 1. The molecule has 6 nitrogen and oxygen atoms in total. The molecule has 1 aliphatic heterocycles. The molecule has 1 amide bonds. The number of amides is 1. The molecule has 0 spiro atoms. The minimum atomic E-state index is -3.51. The van der Waals surface area contributed by atoms with E-state index in [-0.39, 0.29) is 12.5 Å². The molecular weight excluding hydrogens is 328 g/mol. The molecule has 0 radical (unpaired) electrons. The topological polar surface area (TPSA) is 79.6 Å². The number of sulfone groups is 1. The average molecular weight is 350 g/mol. The maximum absolute atomic E-state index is 13.0. The highest BCUT2D eigenvalue weighted by Crippen LogP contribution is 2.30. The number of hydrogen-bond donors (Lipinski definition) is 1. The Bertz CT molecular complexity index is 817. The molecular formula is C17H22N2O4S. The zero-order chi connectivity index (χ0) is 17.4. The summed E-state index contributed by atoms with van der Waals surface area (Å²) in [5.74, 6) is 0.289. The lowest BCUT2D eigenvalue weighted by Gasteiger charge is -2.37. The third-order valence-electron chi connectivity index (χ3n) is 4.73. The highest BCUT2D eigenvalue weighted by Gasteiger charge is 2.49. The lowest BCUT2D eigenvalue weighted by Crippen LogP contribution is -2.57. The molecule has 7 heteroatoms. The number of piperidine rings is 1. The minimum Gasteiger partial charge on any atom is -0.459 e. The standard InChI is InChI=1S/C17H22N2O4S/c1-19(12-14-11-13-5-3-4-6-15(13)23-14)16(20)17(24(2,21)22)7-9-18-10-8-17/h3-6,11,18H,7-10,12H2,1-2H3. The molecule has 2 aromatic rings. The summed E-state index contributed by atoms with van der Waals surface area (Å²) >= 11 is 0. The van der Waals surface area contributed by atoms with E-state index in [1.165, 1.54) is 4.90 Å². The van der Waals surface area contributed by atoms with E-state index in [9.17, 15) is 13.2 Å². The Morgan fingerprint density at radius 1 is 1.29 bits per heavy atom. The van der Waals surface area contributed by atoms with Gasteiger partial charge in [-0.25, -0.2) is 8.42 Å². The van der Waals surface area contributed by atoms with Crippen molar-refractivity contribution >= 4 is 26.7 Å². The van der Waals surface area contributed by atoms with Gasteiger partial charge in [-0.1, -0.05) is 18.2 Å². The van der Waals surface area contributed by atoms with E-state index in [1.807, 2.05) is 30.3 Å². The molecule has 130 valence electrons. The van der Waals surface area contributed by atoms with Crippen LogP contribution in [-0.4, -0.2) is 50.4 Å². The highest BCUT2D eigenvalue weighted by molar-refractivity contribution is 7.92. The van der Waals surface area contributed by atoms with Crippen LogP contribution in [0.5, 0.6) is 0 Å². The largest absolute Gasteiger partial charge is 0.459 e. The van der Waals surface area contributed by atoms with Crippen LogP contribution in [0.25, 0.3) is 11.0 Å². The van der Waals surface area contributed by atoms with Gasteiger partial charge in [-0.15, -0.1) is 0 Å². The SMILES string of the molecule is CN(Cc1cc2ccccc2o1)C(=O)C1(S(C)(=O)=O)CCNCC1. The molecule has 0 aliphatic carbocycles. The van der Waals surface area contributed by atoms with Crippen LogP contribution in [0.4, 0.5) is 0 Å². The minimum absolute atomic E-state index is 0.248. The molecule has 1 aromatic heterocycles. The second-order valence-corrected chi connectivity index (χ2v) is 8.75. The number of nitrogens with zero attached hydrogens (tertiary/aromatic N) is 1. The summed E-state index contributed by atoms with van der Waals surface area (Å²) in [5.41, 5.74) is 0.757. The number of carbonyl (C=O) groups excluding carboxylic acids is 1. The van der Waals surface area contributed by atoms with Crippen LogP contribution >= 0.6 is 0 Å². The first-order chi connectivity index (χ1) is 11.3. The molecule has 2 heterocycles. The van der Waals surface area contributed by atoms with Crippen LogP contribution in [0, 0.1) is 0 Å². The molecule has 1 saturated heterocycles. The maximum atomic E-state index is 13.0. The van der Waals surface area contributed by atoms with Gasteiger partial charge < -0.3 is 14.6 Å². The quantitative estimate of drug-likeness (QED) is 0.905. The molecule has 1 fully saturated rings. The zero-order valence-electron chi connectivity index (χ0n) is 13.9. The van der Waals surface area contributed by atoms with Crippen molar-refractivity contribution in [1.29, 1.82) is 0 Å². The second-order valence-electron chi connectivity index (χ2n) is 6.43. The molecule has 1 aliphatic rings. The highest BCUT2D eigenvalue weighted by atomic mass is 32.2. The van der Waals surface area contributed by atoms with E-state index in [0.29, 0.717) is 31.7 Å². The van der Waals surface area contributed by atoms with Gasteiger partial charge >= 0.3 is 0 Å². The fourth-order valence-corrected chi connectivity index (χ4v) is 4.76. The van der Waals surface area contributed by atoms with Gasteiger partial charge in [-0.2, -0.15) is 0 Å². The summed E-state index contributed by atoms with van der Waals surface area (Å²) in [6, 6.07) is 9.50. The van der Waals surface area contributed by atoms with Crippen molar-refractivity contribution in [2.45, 2.75) is 24.1 Å². The van der Waals surface area contributed by atoms with Gasteiger partial charge in [0.2, 0.25) is 5.91 Å². The lowest BCUT2D eigenvalue weighted by atomic mass is 9.95. The van der Waals surface area contributed by atoms with Crippen LogP contribution < -0.4 is 5.32 Å². The number of hydrogen-bond acceptors (Lipinski definition) is 5. The van der Waals surface area contributed by atoms with Crippen molar-refractivity contribution in [3.8, 4) is 0 Å². The summed E-state index contributed by atoms with van der Waals surface area (Å²) in [4.78, 5) is 14.4. The van der Waals surface area contributed by atoms with Crippen molar-refractivity contribution in [2.75, 3.05) is 26.4 Å². The molecule has 1 aromatic carbocycles. The molecule has 0 atom stereocenters. The number of carbonyl (C=O) groups is 1. The van der Waals surface area contributed by atoms with Gasteiger partial charge in [0, 0.05) is 18.7 Å². The fourth-order valence-electron chi connectivity index (χ4n) is 3.34. The average Bonchev–Trinajstić information content (AvgIpc) is 2.95. The molecule has 24 heavy (non-hydrogen) atoms. The molecule has 0 bridgehead atoms. The van der Waals surface area contributed by atoms with Gasteiger partial charge in [-0.3, -0.25) is 4.79 Å². The number of benzene rings is 1. The number of rotatable bonds is 4. The van der Waals surface area contributed by atoms with Gasteiger partial charge in [-0.05, 0) is 38.1 Å². The summed E-state index contributed by atoms with van der Waals surface area (Å²) in [7, 11) is -1.88. The van der Waals surface area contributed by atoms with Crippen molar-refractivity contribution in [3.05, 3.63) is 36.1 Å². The first-order valence-corrected chi connectivity index (χ1v) is 9.86. The van der Waals surface area contributed by atoms with Crippen molar-refractivity contribution < 1.29 is 17.6 Å². The predicted molar refractivity (Wildman–Crippen MR) is 92.4 cm³/mol. The Morgan fingerprint density at radius 3 is 2.58 bits per heavy atom. The third kappa shape index (κ3) is 2.93. The van der Waals surface area contributed by atoms with Gasteiger partial charge in [0.1, 0.15) is 11.3 Å². The lowest BCUT2D eigenvalue weighted by molar-refractivity contribution is -0.134. The zero-order valence-corrected chi connectivity index (χ0v) is 14.7. The molecule has 0 unspecified atom stereocenters. The monoisotopic (exact) mass is 350 g/mol. The Kier molecular flexibility index (Phi) is 4.40. The van der Waals surface area contributed by atoms with Crippen molar-refractivity contribution in [3.63, 3.8) is 0 Å². The van der Waals surface area contributed by atoms with E-state index in [2.05, 4.69) is 5.32 Å².